The molecule has 2 aromatic rings. The molecule has 1 saturated carbocycles. The Hall–Kier alpha value is -3.48. The highest BCUT2D eigenvalue weighted by Crippen LogP contribution is 2.52. The number of carboxylic acid groups (broad SMARTS) is 1. The van der Waals surface area contributed by atoms with Crippen LogP contribution < -0.4 is 0 Å². The Kier molecular flexibility index (Phi) is 4.25. The van der Waals surface area contributed by atoms with Gasteiger partial charge in [-0.2, -0.15) is 10.1 Å². The number of amides is 2. The van der Waals surface area contributed by atoms with E-state index >= 15 is 0 Å². The van der Waals surface area contributed by atoms with Gasteiger partial charge >= 0.3 is 5.97 Å². The molecular weight excluding hydrogens is 394 g/mol. The summed E-state index contributed by atoms with van der Waals surface area (Å²) in [5, 5.41) is 14.7. The Morgan fingerprint density at radius 2 is 1.71 bits per heavy atom. The molecule has 2 bridgehead atoms. The molecule has 0 radical (unpaired) electrons. The van der Waals surface area contributed by atoms with Crippen molar-refractivity contribution in [2.24, 2.45) is 28.8 Å². The molecule has 1 aliphatic heterocycles. The maximum absolute atomic E-state index is 12.8. The minimum atomic E-state index is -0.981. The van der Waals surface area contributed by atoms with Crippen LogP contribution >= 0.6 is 0 Å². The van der Waals surface area contributed by atoms with Crippen LogP contribution in [0.5, 0.6) is 0 Å². The van der Waals surface area contributed by atoms with Crippen molar-refractivity contribution in [3.8, 4) is 5.69 Å². The van der Waals surface area contributed by atoms with Crippen LogP contribution in [-0.2, 0) is 9.59 Å². The summed E-state index contributed by atoms with van der Waals surface area (Å²) in [5.74, 6) is -1.63. The lowest BCUT2D eigenvalue weighted by Gasteiger charge is -2.14. The largest absolute Gasteiger partial charge is 0.478 e. The van der Waals surface area contributed by atoms with Gasteiger partial charge in [0.05, 0.1) is 23.6 Å². The molecule has 3 aliphatic rings. The predicted octanol–water partition coefficient (Wildman–Crippen LogP) is 3.24. The molecule has 158 valence electrons. The number of carboxylic acids is 1. The summed E-state index contributed by atoms with van der Waals surface area (Å²) >= 11 is 0. The van der Waals surface area contributed by atoms with Gasteiger partial charge in [0, 0.05) is 22.6 Å². The van der Waals surface area contributed by atoms with E-state index in [1.807, 2.05) is 31.4 Å². The first-order chi connectivity index (χ1) is 14.8. The van der Waals surface area contributed by atoms with E-state index in [1.54, 1.807) is 24.4 Å². The quantitative estimate of drug-likeness (QED) is 0.470. The van der Waals surface area contributed by atoms with Crippen molar-refractivity contribution in [3.05, 3.63) is 64.5 Å². The second-order valence-corrected chi connectivity index (χ2v) is 8.70. The molecule has 4 atom stereocenters. The van der Waals surface area contributed by atoms with Crippen LogP contribution in [0.15, 0.2) is 41.5 Å². The van der Waals surface area contributed by atoms with Crippen LogP contribution in [0.4, 0.5) is 0 Å². The number of rotatable bonds is 4. The molecule has 1 aromatic heterocycles. The molecule has 0 unspecified atom stereocenters. The number of hydrogen-bond acceptors (Lipinski definition) is 4. The number of hydrazone groups is 1. The highest BCUT2D eigenvalue weighted by molar-refractivity contribution is 6.06. The fourth-order valence-corrected chi connectivity index (χ4v) is 5.39. The molecule has 0 spiro atoms. The second-order valence-electron chi connectivity index (χ2n) is 8.70. The Balaban J connectivity index is 1.47. The van der Waals surface area contributed by atoms with Crippen LogP contribution in [0, 0.1) is 44.4 Å². The summed E-state index contributed by atoms with van der Waals surface area (Å²) in [5.41, 5.74) is 4.47. The van der Waals surface area contributed by atoms with Gasteiger partial charge in [-0.1, -0.05) is 18.2 Å². The lowest BCUT2D eigenvalue weighted by atomic mass is 9.85. The number of aromatic carboxylic acids is 1. The summed E-state index contributed by atoms with van der Waals surface area (Å²) < 4.78 is 1.97. The topological polar surface area (TPSA) is 92.0 Å². The first-order valence-electron chi connectivity index (χ1n) is 10.4. The van der Waals surface area contributed by atoms with Crippen molar-refractivity contribution >= 4 is 24.0 Å². The van der Waals surface area contributed by atoms with Gasteiger partial charge in [-0.25, -0.2) is 4.79 Å². The number of imide groups is 1. The molecule has 7 nitrogen and oxygen atoms in total. The van der Waals surface area contributed by atoms with Gasteiger partial charge in [-0.05, 0) is 62.8 Å². The molecule has 2 heterocycles. The maximum Gasteiger partial charge on any atom is 0.335 e. The monoisotopic (exact) mass is 417 g/mol. The van der Waals surface area contributed by atoms with Crippen molar-refractivity contribution in [1.82, 2.24) is 9.58 Å². The van der Waals surface area contributed by atoms with Crippen LogP contribution in [0.25, 0.3) is 5.69 Å². The van der Waals surface area contributed by atoms with Crippen molar-refractivity contribution in [1.29, 1.82) is 0 Å². The van der Waals surface area contributed by atoms with Crippen molar-refractivity contribution < 1.29 is 19.5 Å². The minimum absolute atomic E-state index is 0.154. The zero-order valence-electron chi connectivity index (χ0n) is 17.6. The lowest BCUT2D eigenvalue weighted by molar-refractivity contribution is -0.140. The van der Waals surface area contributed by atoms with Gasteiger partial charge in [0.15, 0.2) is 0 Å². The van der Waals surface area contributed by atoms with E-state index in [1.165, 1.54) is 0 Å². The molecule has 31 heavy (non-hydrogen) atoms. The molecule has 2 amide bonds. The molecule has 1 aromatic carbocycles. The van der Waals surface area contributed by atoms with E-state index in [2.05, 4.69) is 17.3 Å². The lowest BCUT2D eigenvalue weighted by Crippen LogP contribution is -2.28. The van der Waals surface area contributed by atoms with E-state index < -0.39 is 5.97 Å². The fourth-order valence-electron chi connectivity index (χ4n) is 5.39. The summed E-state index contributed by atoms with van der Waals surface area (Å²) in [7, 11) is 0. The third-order valence-electron chi connectivity index (χ3n) is 6.93. The molecule has 5 rings (SSSR count). The summed E-state index contributed by atoms with van der Waals surface area (Å²) in [6.07, 6.45) is 6.57. The third-order valence-corrected chi connectivity index (χ3v) is 6.93. The Bertz CT molecular complexity index is 1180. The van der Waals surface area contributed by atoms with Crippen molar-refractivity contribution in [3.63, 3.8) is 0 Å². The molecule has 2 fully saturated rings. The average Bonchev–Trinajstić information content (AvgIpc) is 3.46. The normalized spacial score (nSPS) is 26.5. The number of hydrogen-bond donors (Lipinski definition) is 1. The number of benzene rings is 1. The molecule has 1 N–H and O–H groups in total. The Labute approximate surface area is 179 Å². The smallest absolute Gasteiger partial charge is 0.335 e. The highest BCUT2D eigenvalue weighted by Gasteiger charge is 2.59. The third kappa shape index (κ3) is 2.80. The SMILES string of the molecule is Cc1ccc(C(=O)O)cc1-n1c(C)cc(C=NN2C(=O)[C@@H]3[C@H](C2=O)[C@H]2C=C[C@H]3C2)c1C. The standard InChI is InChI=1S/C24H23N3O4/c1-12-4-5-17(24(30)31)10-19(12)26-13(2)8-18(14(26)3)11-25-27-22(28)20-15-6-7-16(9-15)21(20)23(27)29/h4-8,10-11,15-16,20-21H,9H2,1-3H3,(H,30,31)/t15-,16-,20-,21+/m0/s1. The molecular formula is C24H23N3O4. The Morgan fingerprint density at radius 1 is 1.06 bits per heavy atom. The Morgan fingerprint density at radius 3 is 2.32 bits per heavy atom. The number of fused-ring (bicyclic) bond motifs is 5. The van der Waals surface area contributed by atoms with Gasteiger partial charge in [0.2, 0.25) is 0 Å². The highest BCUT2D eigenvalue weighted by atomic mass is 16.4. The van der Waals surface area contributed by atoms with Crippen molar-refractivity contribution in [2.45, 2.75) is 27.2 Å². The van der Waals surface area contributed by atoms with Crippen LogP contribution in [0.1, 0.15) is 39.3 Å². The van der Waals surface area contributed by atoms with Gasteiger partial charge in [-0.15, -0.1) is 0 Å². The number of carbonyl (C=O) groups excluding carboxylic acids is 2. The fraction of sp³-hybridized carbons (Fsp3) is 0.333. The summed E-state index contributed by atoms with van der Waals surface area (Å²) in [6, 6.07) is 6.94. The zero-order chi connectivity index (χ0) is 22.0. The molecule has 2 aliphatic carbocycles. The first-order valence-corrected chi connectivity index (χ1v) is 10.4. The van der Waals surface area contributed by atoms with Crippen molar-refractivity contribution in [2.75, 3.05) is 0 Å². The summed E-state index contributed by atoms with van der Waals surface area (Å²) in [4.78, 5) is 37.1. The predicted molar refractivity (Wildman–Crippen MR) is 114 cm³/mol. The van der Waals surface area contributed by atoms with E-state index in [9.17, 15) is 19.5 Å². The number of aromatic nitrogens is 1. The van der Waals surface area contributed by atoms with Gasteiger partial charge < -0.3 is 9.67 Å². The molecule has 7 heteroatoms. The van der Waals surface area contributed by atoms with E-state index in [-0.39, 0.29) is 41.0 Å². The van der Waals surface area contributed by atoms with Gasteiger partial charge in [0.25, 0.3) is 11.8 Å². The second kappa shape index (κ2) is 6.77. The zero-order valence-corrected chi connectivity index (χ0v) is 17.6. The average molecular weight is 417 g/mol. The number of carbonyl (C=O) groups is 3. The molecule has 1 saturated heterocycles. The van der Waals surface area contributed by atoms with E-state index in [4.69, 9.17) is 0 Å². The number of allylic oxidation sites excluding steroid dienone is 2. The number of nitrogens with zero attached hydrogens (tertiary/aromatic N) is 3. The summed E-state index contributed by atoms with van der Waals surface area (Å²) in [6.45, 7) is 5.77. The minimum Gasteiger partial charge on any atom is -0.478 e. The number of aryl methyl sites for hydroxylation is 2. The van der Waals surface area contributed by atoms with Gasteiger partial charge in [-0.3, -0.25) is 9.59 Å². The maximum atomic E-state index is 12.8. The van der Waals surface area contributed by atoms with Crippen LogP contribution in [-0.4, -0.2) is 38.7 Å². The van der Waals surface area contributed by atoms with Gasteiger partial charge in [0.1, 0.15) is 0 Å². The van der Waals surface area contributed by atoms with E-state index in [0.717, 1.165) is 39.6 Å². The first kappa shape index (κ1) is 19.5. The van der Waals surface area contributed by atoms with E-state index in [0.29, 0.717) is 0 Å². The van der Waals surface area contributed by atoms with Crippen LogP contribution in [0.3, 0.4) is 0 Å². The van der Waals surface area contributed by atoms with Crippen LogP contribution in [0.2, 0.25) is 0 Å².